The van der Waals surface area contributed by atoms with Gasteiger partial charge in [0.2, 0.25) is 0 Å². The predicted molar refractivity (Wildman–Crippen MR) is 112 cm³/mol. The van der Waals surface area contributed by atoms with Gasteiger partial charge in [0, 0.05) is 41.1 Å². The molecule has 0 saturated heterocycles. The molecule has 11 heteroatoms. The van der Waals surface area contributed by atoms with Crippen LogP contribution in [0.3, 0.4) is 0 Å². The van der Waals surface area contributed by atoms with Crippen LogP contribution in [0.5, 0.6) is 11.5 Å². The van der Waals surface area contributed by atoms with E-state index in [4.69, 9.17) is 0 Å². The molecule has 0 unspecified atom stereocenters. The summed E-state index contributed by atoms with van der Waals surface area (Å²) in [4.78, 5) is 38.6. The monoisotopic (exact) mass is 422 g/mol. The van der Waals surface area contributed by atoms with Gasteiger partial charge >= 0.3 is 5.69 Å². The van der Waals surface area contributed by atoms with Crippen molar-refractivity contribution in [3.8, 4) is 11.5 Å². The zero-order chi connectivity index (χ0) is 22.5. The van der Waals surface area contributed by atoms with Crippen molar-refractivity contribution in [1.29, 1.82) is 0 Å². The van der Waals surface area contributed by atoms with E-state index in [9.17, 15) is 35.2 Å². The van der Waals surface area contributed by atoms with Gasteiger partial charge in [-0.3, -0.25) is 20.2 Å². The number of aromatic hydroxyl groups is 2. The van der Waals surface area contributed by atoms with Crippen LogP contribution in [0.4, 0.5) is 11.4 Å². The Hall–Kier alpha value is -4.80. The topological polar surface area (TPSA) is 172 Å². The molecular formula is C20H14N4O7. The molecule has 0 atom stereocenters. The molecule has 0 bridgehead atoms. The molecule has 31 heavy (non-hydrogen) atoms. The summed E-state index contributed by atoms with van der Waals surface area (Å²) in [7, 11) is 0. The second kappa shape index (κ2) is 8.69. The van der Waals surface area contributed by atoms with Crippen LogP contribution in [0.2, 0.25) is 0 Å². The van der Waals surface area contributed by atoms with Gasteiger partial charge in [-0.15, -0.1) is 0 Å². The van der Waals surface area contributed by atoms with Crippen molar-refractivity contribution in [2.45, 2.75) is 0 Å². The van der Waals surface area contributed by atoms with Crippen LogP contribution < -0.4 is 5.69 Å². The van der Waals surface area contributed by atoms with Gasteiger partial charge in [-0.2, -0.15) is 4.98 Å². The SMILES string of the molecule is O=c1nc(/C=C/c2cc([N+](=O)[O-])ccc2O)cc(/C=C/c2cc([N+](=O)[O-])ccc2O)[nH]1. The fourth-order valence-electron chi connectivity index (χ4n) is 2.60. The van der Waals surface area contributed by atoms with E-state index in [1.165, 1.54) is 54.6 Å². The van der Waals surface area contributed by atoms with Gasteiger partial charge in [-0.1, -0.05) is 0 Å². The number of phenols is 2. The minimum absolute atomic E-state index is 0.162. The van der Waals surface area contributed by atoms with Crippen LogP contribution in [-0.2, 0) is 0 Å². The Kier molecular flexibility index (Phi) is 5.87. The molecular weight excluding hydrogens is 408 g/mol. The summed E-state index contributed by atoms with van der Waals surface area (Å²) in [5.41, 5.74) is -0.294. The number of phenolic OH excluding ortho intramolecular Hbond substituents is 2. The second-order valence-corrected chi connectivity index (χ2v) is 6.23. The Morgan fingerprint density at radius 1 is 0.806 bits per heavy atom. The van der Waals surface area contributed by atoms with Crippen molar-refractivity contribution >= 4 is 35.7 Å². The Balaban J connectivity index is 1.90. The average Bonchev–Trinajstić information content (AvgIpc) is 2.72. The smallest absolute Gasteiger partial charge is 0.345 e. The van der Waals surface area contributed by atoms with Gasteiger partial charge in [0.1, 0.15) is 11.5 Å². The third kappa shape index (κ3) is 5.17. The van der Waals surface area contributed by atoms with Crippen molar-refractivity contribution < 1.29 is 20.1 Å². The molecule has 0 amide bonds. The third-order valence-electron chi connectivity index (χ3n) is 4.11. The summed E-state index contributed by atoms with van der Waals surface area (Å²) in [6, 6.07) is 8.51. The van der Waals surface area contributed by atoms with Crippen molar-refractivity contribution in [2.24, 2.45) is 0 Å². The summed E-state index contributed by atoms with van der Waals surface area (Å²) in [5.74, 6) is -0.368. The standard InChI is InChI=1S/C20H14N4O7/c25-18-7-5-16(23(28)29)9-12(18)1-3-14-11-15(22-20(27)21-14)4-2-13-10-17(24(30)31)6-8-19(13)26/h1-11,25-26H,(H,21,22,27)/b3-1+,4-2+. The van der Waals surface area contributed by atoms with Crippen LogP contribution in [0, 0.1) is 20.2 Å². The van der Waals surface area contributed by atoms with Crippen LogP contribution in [0.25, 0.3) is 24.3 Å². The number of hydrogen-bond acceptors (Lipinski definition) is 8. The molecule has 0 aliphatic carbocycles. The quantitative estimate of drug-likeness (QED) is 0.400. The second-order valence-electron chi connectivity index (χ2n) is 6.23. The zero-order valence-corrected chi connectivity index (χ0v) is 15.6. The Morgan fingerprint density at radius 3 is 1.84 bits per heavy atom. The molecule has 11 nitrogen and oxygen atoms in total. The molecule has 3 aromatic rings. The highest BCUT2D eigenvalue weighted by atomic mass is 16.6. The van der Waals surface area contributed by atoms with Crippen LogP contribution in [0.15, 0.2) is 47.3 Å². The van der Waals surface area contributed by atoms with Crippen LogP contribution in [0.1, 0.15) is 22.5 Å². The first kappa shape index (κ1) is 20.9. The third-order valence-corrected chi connectivity index (χ3v) is 4.11. The molecule has 3 N–H and O–H groups in total. The normalized spacial score (nSPS) is 11.2. The van der Waals surface area contributed by atoms with E-state index in [1.54, 1.807) is 0 Å². The number of nitro groups is 2. The van der Waals surface area contributed by atoms with E-state index in [1.807, 2.05) is 0 Å². The van der Waals surface area contributed by atoms with Gasteiger partial charge < -0.3 is 15.2 Å². The first-order valence-corrected chi connectivity index (χ1v) is 8.65. The van der Waals surface area contributed by atoms with Crippen molar-refractivity contribution in [3.05, 3.63) is 95.7 Å². The molecule has 3 rings (SSSR count). The molecule has 156 valence electrons. The number of aromatic nitrogens is 2. The Labute approximate surface area is 173 Å². The number of nitrogens with one attached hydrogen (secondary N) is 1. The average molecular weight is 422 g/mol. The lowest BCUT2D eigenvalue weighted by molar-refractivity contribution is -0.385. The van der Waals surface area contributed by atoms with E-state index >= 15 is 0 Å². The van der Waals surface area contributed by atoms with Gasteiger partial charge in [0.25, 0.3) is 11.4 Å². The molecule has 0 aliphatic heterocycles. The number of nitro benzene ring substituents is 2. The van der Waals surface area contributed by atoms with Crippen LogP contribution >= 0.6 is 0 Å². The number of benzene rings is 2. The minimum atomic E-state index is -0.687. The summed E-state index contributed by atoms with van der Waals surface area (Å²) in [6.45, 7) is 0. The minimum Gasteiger partial charge on any atom is -0.507 e. The van der Waals surface area contributed by atoms with E-state index in [2.05, 4.69) is 9.97 Å². The lowest BCUT2D eigenvalue weighted by atomic mass is 10.1. The molecule has 1 heterocycles. The number of rotatable bonds is 6. The maximum atomic E-state index is 11.8. The Bertz CT molecular complexity index is 1200. The zero-order valence-electron chi connectivity index (χ0n) is 15.6. The summed E-state index contributed by atoms with van der Waals surface area (Å²) in [5, 5.41) is 41.5. The van der Waals surface area contributed by atoms with Gasteiger partial charge in [-0.05, 0) is 42.5 Å². The van der Waals surface area contributed by atoms with E-state index in [0.29, 0.717) is 0 Å². The highest BCUT2D eigenvalue weighted by Gasteiger charge is 2.09. The number of aromatic amines is 1. The maximum Gasteiger partial charge on any atom is 0.345 e. The molecule has 0 saturated carbocycles. The molecule has 0 spiro atoms. The van der Waals surface area contributed by atoms with E-state index in [0.717, 1.165) is 12.1 Å². The van der Waals surface area contributed by atoms with Crippen molar-refractivity contribution in [3.63, 3.8) is 0 Å². The predicted octanol–water partition coefficient (Wildman–Crippen LogP) is 3.34. The molecule has 1 aromatic heterocycles. The number of nitrogens with zero attached hydrogens (tertiary/aromatic N) is 3. The lowest BCUT2D eigenvalue weighted by Crippen LogP contribution is -2.12. The summed E-state index contributed by atoms with van der Waals surface area (Å²) < 4.78 is 0. The van der Waals surface area contributed by atoms with Crippen molar-refractivity contribution in [1.82, 2.24) is 9.97 Å². The first-order valence-electron chi connectivity index (χ1n) is 8.65. The molecule has 2 aromatic carbocycles. The first-order chi connectivity index (χ1) is 14.7. The fourth-order valence-corrected chi connectivity index (χ4v) is 2.60. The molecule has 0 aliphatic rings. The summed E-state index contributed by atoms with van der Waals surface area (Å²) in [6.07, 6.45) is 5.55. The van der Waals surface area contributed by atoms with E-state index in [-0.39, 0.29) is 45.4 Å². The van der Waals surface area contributed by atoms with Gasteiger partial charge in [0.05, 0.1) is 15.5 Å². The van der Waals surface area contributed by atoms with Crippen LogP contribution in [-0.4, -0.2) is 30.0 Å². The highest BCUT2D eigenvalue weighted by Crippen LogP contribution is 2.26. The molecule has 0 radical (unpaired) electrons. The lowest BCUT2D eigenvalue weighted by Gasteiger charge is -2.01. The fraction of sp³-hybridized carbons (Fsp3) is 0. The highest BCUT2D eigenvalue weighted by molar-refractivity contribution is 5.75. The number of H-pyrrole nitrogens is 1. The number of non-ortho nitro benzene ring substituents is 2. The maximum absolute atomic E-state index is 11.8. The number of hydrogen-bond donors (Lipinski definition) is 3. The largest absolute Gasteiger partial charge is 0.507 e. The van der Waals surface area contributed by atoms with Crippen molar-refractivity contribution in [2.75, 3.05) is 0 Å². The molecule has 0 fully saturated rings. The van der Waals surface area contributed by atoms with Gasteiger partial charge in [0.15, 0.2) is 0 Å². The Morgan fingerprint density at radius 2 is 1.32 bits per heavy atom. The van der Waals surface area contributed by atoms with E-state index < -0.39 is 15.5 Å². The van der Waals surface area contributed by atoms with Gasteiger partial charge in [-0.25, -0.2) is 4.79 Å². The summed E-state index contributed by atoms with van der Waals surface area (Å²) >= 11 is 0.